The van der Waals surface area contributed by atoms with E-state index in [4.69, 9.17) is 16.3 Å². The molecule has 0 radical (unpaired) electrons. The molecule has 1 saturated heterocycles. The Balaban J connectivity index is 1.95. The minimum absolute atomic E-state index is 0.261. The van der Waals surface area contributed by atoms with Crippen LogP contribution in [0.4, 0.5) is 4.79 Å². The van der Waals surface area contributed by atoms with Crippen molar-refractivity contribution in [2.75, 3.05) is 33.2 Å². The fourth-order valence-electron chi connectivity index (χ4n) is 3.54. The first-order valence-corrected chi connectivity index (χ1v) is 10.5. The van der Waals surface area contributed by atoms with Crippen molar-refractivity contribution >= 4 is 17.7 Å². The number of piperidine rings is 1. The van der Waals surface area contributed by atoms with E-state index in [1.807, 2.05) is 40.0 Å². The summed E-state index contributed by atoms with van der Waals surface area (Å²) >= 11 is 6.23. The Kier molecular flexibility index (Phi) is 8.43. The van der Waals surface area contributed by atoms with Crippen LogP contribution in [0.1, 0.15) is 64.4 Å². The Bertz CT molecular complexity index is 594. The van der Waals surface area contributed by atoms with Gasteiger partial charge in [0, 0.05) is 18.6 Å². The lowest BCUT2D eigenvalue weighted by Gasteiger charge is -2.29. The van der Waals surface area contributed by atoms with Gasteiger partial charge in [-0.25, -0.2) is 4.79 Å². The third-order valence-electron chi connectivity index (χ3n) is 5.08. The Labute approximate surface area is 169 Å². The van der Waals surface area contributed by atoms with E-state index in [1.54, 1.807) is 4.90 Å². The van der Waals surface area contributed by atoms with Crippen molar-refractivity contribution in [3.05, 3.63) is 34.9 Å². The largest absolute Gasteiger partial charge is 0.444 e. The van der Waals surface area contributed by atoms with Crippen LogP contribution in [0.3, 0.4) is 0 Å². The fraction of sp³-hybridized carbons (Fsp3) is 0.682. The maximum atomic E-state index is 12.2. The van der Waals surface area contributed by atoms with Gasteiger partial charge in [-0.3, -0.25) is 0 Å². The molecule has 0 spiro atoms. The summed E-state index contributed by atoms with van der Waals surface area (Å²) in [6.45, 7) is 9.88. The van der Waals surface area contributed by atoms with Gasteiger partial charge in [0.2, 0.25) is 0 Å². The van der Waals surface area contributed by atoms with Gasteiger partial charge in [-0.1, -0.05) is 30.2 Å². The second kappa shape index (κ2) is 10.3. The Hall–Kier alpha value is -1.26. The summed E-state index contributed by atoms with van der Waals surface area (Å²) in [4.78, 5) is 16.5. The molecule has 1 unspecified atom stereocenters. The number of hydrogen-bond donors (Lipinski definition) is 0. The van der Waals surface area contributed by atoms with Crippen LogP contribution >= 0.6 is 11.6 Å². The molecule has 0 bridgehead atoms. The van der Waals surface area contributed by atoms with Gasteiger partial charge in [-0.2, -0.15) is 0 Å². The predicted molar refractivity (Wildman–Crippen MR) is 113 cm³/mol. The van der Waals surface area contributed by atoms with Crippen molar-refractivity contribution in [2.24, 2.45) is 0 Å². The molecule has 1 aromatic rings. The molecule has 152 valence electrons. The van der Waals surface area contributed by atoms with Gasteiger partial charge in [0.05, 0.1) is 0 Å². The van der Waals surface area contributed by atoms with E-state index in [-0.39, 0.29) is 6.09 Å². The van der Waals surface area contributed by atoms with Gasteiger partial charge in [-0.05, 0) is 89.7 Å². The van der Waals surface area contributed by atoms with E-state index in [0.717, 1.165) is 24.4 Å². The SMILES string of the molecule is CN(CCC(CCN1CCCCC1)c1cccc(Cl)c1)C(=O)OC(C)(C)C. The maximum absolute atomic E-state index is 12.2. The first-order chi connectivity index (χ1) is 12.7. The molecule has 0 aliphatic carbocycles. The van der Waals surface area contributed by atoms with Gasteiger partial charge in [0.1, 0.15) is 5.60 Å². The molecule has 0 N–H and O–H groups in total. The lowest BCUT2D eigenvalue weighted by Crippen LogP contribution is -2.35. The average Bonchev–Trinajstić information content (AvgIpc) is 2.61. The lowest BCUT2D eigenvalue weighted by molar-refractivity contribution is 0.0293. The van der Waals surface area contributed by atoms with Crippen LogP contribution in [-0.2, 0) is 4.74 Å². The number of ether oxygens (including phenoxy) is 1. The summed E-state index contributed by atoms with van der Waals surface area (Å²) in [5, 5.41) is 0.774. The summed E-state index contributed by atoms with van der Waals surface area (Å²) in [6.07, 6.45) is 5.71. The predicted octanol–water partition coefficient (Wildman–Crippen LogP) is 5.56. The molecule has 1 fully saturated rings. The van der Waals surface area contributed by atoms with Crippen molar-refractivity contribution in [2.45, 2.75) is 64.4 Å². The average molecular weight is 395 g/mol. The summed E-state index contributed by atoms with van der Waals surface area (Å²) in [5.41, 5.74) is 0.795. The number of nitrogens with zero attached hydrogens (tertiary/aromatic N) is 2. The number of likely N-dealkylation sites (tertiary alicyclic amines) is 1. The van der Waals surface area contributed by atoms with Gasteiger partial charge in [-0.15, -0.1) is 0 Å². The van der Waals surface area contributed by atoms with E-state index < -0.39 is 5.60 Å². The Morgan fingerprint density at radius 3 is 2.56 bits per heavy atom. The van der Waals surface area contributed by atoms with Crippen LogP contribution in [0, 0.1) is 0 Å². The minimum Gasteiger partial charge on any atom is -0.444 e. The second-order valence-electron chi connectivity index (χ2n) is 8.63. The zero-order valence-electron chi connectivity index (χ0n) is 17.3. The van der Waals surface area contributed by atoms with E-state index in [0.29, 0.717) is 12.5 Å². The third kappa shape index (κ3) is 8.10. The first kappa shape index (κ1) is 22.0. The van der Waals surface area contributed by atoms with E-state index in [2.05, 4.69) is 17.0 Å². The highest BCUT2D eigenvalue weighted by Crippen LogP contribution is 2.27. The molecule has 1 amide bonds. The van der Waals surface area contributed by atoms with Crippen LogP contribution in [0.15, 0.2) is 24.3 Å². The molecule has 1 aliphatic heterocycles. The third-order valence-corrected chi connectivity index (χ3v) is 5.32. The van der Waals surface area contributed by atoms with Crippen LogP contribution in [0.2, 0.25) is 5.02 Å². The minimum atomic E-state index is -0.466. The lowest BCUT2D eigenvalue weighted by atomic mass is 9.92. The maximum Gasteiger partial charge on any atom is 0.410 e. The molecular formula is C22H35ClN2O2. The van der Waals surface area contributed by atoms with E-state index in [1.165, 1.54) is 37.9 Å². The smallest absolute Gasteiger partial charge is 0.410 e. The molecule has 1 aromatic carbocycles. The topological polar surface area (TPSA) is 32.8 Å². The molecule has 0 saturated carbocycles. The summed E-state index contributed by atoms with van der Waals surface area (Å²) in [5.74, 6) is 0.385. The first-order valence-electron chi connectivity index (χ1n) is 10.2. The van der Waals surface area contributed by atoms with Gasteiger partial charge in [0.25, 0.3) is 0 Å². The molecule has 2 rings (SSSR count). The van der Waals surface area contributed by atoms with Gasteiger partial charge >= 0.3 is 6.09 Å². The van der Waals surface area contributed by atoms with Crippen LogP contribution in [0.25, 0.3) is 0 Å². The van der Waals surface area contributed by atoms with Crippen molar-refractivity contribution in [1.82, 2.24) is 9.80 Å². The highest BCUT2D eigenvalue weighted by Gasteiger charge is 2.21. The van der Waals surface area contributed by atoms with Crippen molar-refractivity contribution in [3.8, 4) is 0 Å². The quantitative estimate of drug-likeness (QED) is 0.607. The van der Waals surface area contributed by atoms with E-state index in [9.17, 15) is 4.79 Å². The molecule has 1 heterocycles. The van der Waals surface area contributed by atoms with Crippen molar-refractivity contribution in [3.63, 3.8) is 0 Å². The number of carbonyl (C=O) groups excluding carboxylic acids is 1. The molecule has 1 atom stereocenters. The zero-order valence-corrected chi connectivity index (χ0v) is 18.1. The highest BCUT2D eigenvalue weighted by molar-refractivity contribution is 6.30. The second-order valence-corrected chi connectivity index (χ2v) is 9.07. The molecule has 27 heavy (non-hydrogen) atoms. The zero-order chi connectivity index (χ0) is 19.9. The van der Waals surface area contributed by atoms with E-state index >= 15 is 0 Å². The number of benzene rings is 1. The standard InChI is InChI=1S/C22H35ClN2O2/c1-22(2,3)27-21(26)24(4)15-11-18(19-9-8-10-20(23)17-19)12-16-25-13-6-5-7-14-25/h8-10,17-18H,5-7,11-16H2,1-4H3. The Morgan fingerprint density at radius 2 is 1.93 bits per heavy atom. The van der Waals surface area contributed by atoms with Gasteiger partial charge < -0.3 is 14.5 Å². The summed E-state index contributed by atoms with van der Waals surface area (Å²) in [6, 6.07) is 8.15. The molecular weight excluding hydrogens is 360 g/mol. The molecule has 5 heteroatoms. The normalized spacial score (nSPS) is 16.8. The molecule has 1 aliphatic rings. The summed E-state index contributed by atoms with van der Waals surface area (Å²) in [7, 11) is 1.81. The number of amides is 1. The summed E-state index contributed by atoms with van der Waals surface area (Å²) < 4.78 is 5.47. The molecule has 4 nitrogen and oxygen atoms in total. The van der Waals surface area contributed by atoms with Crippen LogP contribution in [0.5, 0.6) is 0 Å². The number of rotatable bonds is 7. The highest BCUT2D eigenvalue weighted by atomic mass is 35.5. The van der Waals surface area contributed by atoms with Crippen molar-refractivity contribution in [1.29, 1.82) is 0 Å². The number of hydrogen-bond acceptors (Lipinski definition) is 3. The van der Waals surface area contributed by atoms with Crippen LogP contribution < -0.4 is 0 Å². The monoisotopic (exact) mass is 394 g/mol. The number of halogens is 1. The fourth-order valence-corrected chi connectivity index (χ4v) is 3.74. The molecule has 0 aromatic heterocycles. The van der Waals surface area contributed by atoms with Gasteiger partial charge in [0.15, 0.2) is 0 Å². The van der Waals surface area contributed by atoms with Crippen molar-refractivity contribution < 1.29 is 9.53 Å². The number of carbonyl (C=O) groups is 1. The van der Waals surface area contributed by atoms with Crippen LogP contribution in [-0.4, -0.2) is 54.7 Å². The Morgan fingerprint density at radius 1 is 1.22 bits per heavy atom.